The zero-order valence-electron chi connectivity index (χ0n) is 14.7. The van der Waals surface area contributed by atoms with E-state index in [1.165, 1.54) is 0 Å². The molecule has 3 rings (SSSR count). The summed E-state index contributed by atoms with van der Waals surface area (Å²) in [6, 6.07) is 11.1. The van der Waals surface area contributed by atoms with Crippen LogP contribution in [0.5, 0.6) is 5.75 Å². The van der Waals surface area contributed by atoms with Gasteiger partial charge in [-0.05, 0) is 30.7 Å². The number of amides is 2. The Hall–Kier alpha value is -3.13. The van der Waals surface area contributed by atoms with E-state index < -0.39 is 0 Å². The second-order valence-corrected chi connectivity index (χ2v) is 5.61. The Kier molecular flexibility index (Phi) is 5.65. The quantitative estimate of drug-likeness (QED) is 0.636. The molecule has 2 amide bonds. The summed E-state index contributed by atoms with van der Waals surface area (Å²) in [5.74, 6) is 1.20. The van der Waals surface area contributed by atoms with Gasteiger partial charge in [0.1, 0.15) is 5.75 Å². The number of anilines is 1. The van der Waals surface area contributed by atoms with Crippen molar-refractivity contribution in [3.8, 4) is 17.0 Å². The Bertz CT molecular complexity index is 893. The first-order valence-electron chi connectivity index (χ1n) is 8.24. The minimum absolute atomic E-state index is 0.308. The van der Waals surface area contributed by atoms with E-state index in [9.17, 15) is 4.79 Å². The van der Waals surface area contributed by atoms with Gasteiger partial charge in [-0.1, -0.05) is 12.1 Å². The lowest BCUT2D eigenvalue weighted by atomic mass is 10.1. The van der Waals surface area contributed by atoms with Gasteiger partial charge in [-0.2, -0.15) is 5.10 Å². The minimum atomic E-state index is -0.308. The van der Waals surface area contributed by atoms with E-state index in [0.29, 0.717) is 24.6 Å². The molecule has 0 atom stereocenters. The zero-order valence-corrected chi connectivity index (χ0v) is 14.7. The average molecular weight is 355 g/mol. The van der Waals surface area contributed by atoms with E-state index in [1.54, 1.807) is 24.9 Å². The number of hydrogen-bond acceptors (Lipinski definition) is 5. The maximum atomic E-state index is 11.9. The maximum absolute atomic E-state index is 11.9. The zero-order chi connectivity index (χ0) is 18.4. The molecule has 2 heterocycles. The fourth-order valence-corrected chi connectivity index (χ4v) is 2.46. The van der Waals surface area contributed by atoms with Crippen LogP contribution in [0.1, 0.15) is 6.42 Å². The summed E-state index contributed by atoms with van der Waals surface area (Å²) in [4.78, 5) is 16.2. The monoisotopic (exact) mass is 355 g/mol. The molecule has 26 heavy (non-hydrogen) atoms. The van der Waals surface area contributed by atoms with Crippen LogP contribution in [0.25, 0.3) is 16.9 Å². The third-order valence-corrected chi connectivity index (χ3v) is 3.74. The van der Waals surface area contributed by atoms with Crippen molar-refractivity contribution in [1.82, 2.24) is 19.9 Å². The fourth-order valence-electron chi connectivity index (χ4n) is 2.46. The Labute approximate surface area is 151 Å². The molecule has 0 aliphatic heterocycles. The molecule has 0 radical (unpaired) electrons. The van der Waals surface area contributed by atoms with Gasteiger partial charge >= 0.3 is 6.03 Å². The lowest BCUT2D eigenvalue weighted by Gasteiger charge is -2.04. The van der Waals surface area contributed by atoms with Crippen LogP contribution in [-0.4, -0.2) is 48.0 Å². The Morgan fingerprint density at radius 1 is 1.23 bits per heavy atom. The number of carbonyl (C=O) groups excluding carboxylic acids is 1. The summed E-state index contributed by atoms with van der Waals surface area (Å²) >= 11 is 0. The fraction of sp³-hybridized carbons (Fsp3) is 0.278. The number of carbonyl (C=O) groups is 1. The second kappa shape index (κ2) is 8.30. The molecule has 8 nitrogen and oxygen atoms in total. The van der Waals surface area contributed by atoms with E-state index in [0.717, 1.165) is 23.4 Å². The van der Waals surface area contributed by atoms with Crippen LogP contribution in [0.2, 0.25) is 0 Å². The number of ether oxygens (including phenoxy) is 2. The van der Waals surface area contributed by atoms with Crippen LogP contribution in [0.4, 0.5) is 10.6 Å². The predicted octanol–water partition coefficient (Wildman–Crippen LogP) is 2.56. The average Bonchev–Trinajstić information content (AvgIpc) is 3.06. The maximum Gasteiger partial charge on any atom is 0.320 e. The molecule has 136 valence electrons. The molecule has 0 aliphatic carbocycles. The number of fused-ring (bicyclic) bond motifs is 1. The normalized spacial score (nSPS) is 10.7. The Morgan fingerprint density at radius 2 is 2.12 bits per heavy atom. The topological polar surface area (TPSA) is 89.8 Å². The van der Waals surface area contributed by atoms with Gasteiger partial charge in [0.05, 0.1) is 19.0 Å². The van der Waals surface area contributed by atoms with Crippen molar-refractivity contribution in [2.45, 2.75) is 6.42 Å². The first-order chi connectivity index (χ1) is 12.7. The van der Waals surface area contributed by atoms with Crippen LogP contribution >= 0.6 is 0 Å². The van der Waals surface area contributed by atoms with Crippen molar-refractivity contribution in [3.63, 3.8) is 0 Å². The van der Waals surface area contributed by atoms with Gasteiger partial charge in [0.25, 0.3) is 0 Å². The van der Waals surface area contributed by atoms with Crippen molar-refractivity contribution >= 4 is 17.5 Å². The van der Waals surface area contributed by atoms with Gasteiger partial charge in [0, 0.05) is 25.8 Å². The number of nitrogens with one attached hydrogen (secondary N) is 2. The lowest BCUT2D eigenvalue weighted by molar-refractivity contribution is 0.194. The van der Waals surface area contributed by atoms with Crippen molar-refractivity contribution in [1.29, 1.82) is 0 Å². The summed E-state index contributed by atoms with van der Waals surface area (Å²) in [6.45, 7) is 1.14. The predicted molar refractivity (Wildman–Crippen MR) is 98.5 cm³/mol. The molecule has 3 aromatic rings. The second-order valence-electron chi connectivity index (χ2n) is 5.61. The molecule has 1 aromatic carbocycles. The standard InChI is InChI=1S/C18H21N5O3/c1-25-10-4-9-19-18(24)21-16-12-23-17(20-16)8-7-15(22-23)13-5-3-6-14(11-13)26-2/h3,5-8,11-12H,4,9-10H2,1-2H3,(H2,19,21,24). The molecule has 2 aromatic heterocycles. The van der Waals surface area contributed by atoms with Gasteiger partial charge in [0.2, 0.25) is 0 Å². The van der Waals surface area contributed by atoms with Crippen molar-refractivity contribution in [2.75, 3.05) is 32.7 Å². The molecule has 0 spiro atoms. The molecule has 8 heteroatoms. The molecular weight excluding hydrogens is 334 g/mol. The molecular formula is C18H21N5O3. The highest BCUT2D eigenvalue weighted by Crippen LogP contribution is 2.22. The number of urea groups is 1. The Balaban J connectivity index is 1.72. The van der Waals surface area contributed by atoms with Crippen LogP contribution in [0.3, 0.4) is 0 Å². The van der Waals surface area contributed by atoms with E-state index in [2.05, 4.69) is 20.7 Å². The summed E-state index contributed by atoms with van der Waals surface area (Å²) < 4.78 is 11.8. The number of nitrogens with zero attached hydrogens (tertiary/aromatic N) is 3. The van der Waals surface area contributed by atoms with Crippen molar-refractivity contribution in [3.05, 3.63) is 42.6 Å². The number of aromatic nitrogens is 3. The summed E-state index contributed by atoms with van der Waals surface area (Å²) in [6.07, 6.45) is 2.42. The number of rotatable bonds is 7. The van der Waals surface area contributed by atoms with Crippen LogP contribution in [-0.2, 0) is 4.74 Å². The molecule has 0 aliphatic rings. The minimum Gasteiger partial charge on any atom is -0.497 e. The first-order valence-corrected chi connectivity index (χ1v) is 8.24. The third kappa shape index (κ3) is 4.28. The highest BCUT2D eigenvalue weighted by Gasteiger charge is 2.08. The van der Waals surface area contributed by atoms with Gasteiger partial charge in [-0.3, -0.25) is 5.32 Å². The van der Waals surface area contributed by atoms with Crippen molar-refractivity contribution < 1.29 is 14.3 Å². The lowest BCUT2D eigenvalue weighted by Crippen LogP contribution is -2.30. The first kappa shape index (κ1) is 17.7. The third-order valence-electron chi connectivity index (χ3n) is 3.74. The molecule has 0 fully saturated rings. The van der Waals surface area contributed by atoms with Gasteiger partial charge in [-0.15, -0.1) is 0 Å². The van der Waals surface area contributed by atoms with Gasteiger partial charge < -0.3 is 14.8 Å². The smallest absolute Gasteiger partial charge is 0.320 e. The largest absolute Gasteiger partial charge is 0.497 e. The van der Waals surface area contributed by atoms with Crippen molar-refractivity contribution in [2.24, 2.45) is 0 Å². The molecule has 0 bridgehead atoms. The van der Waals surface area contributed by atoms with Crippen LogP contribution in [0.15, 0.2) is 42.6 Å². The molecule has 0 unspecified atom stereocenters. The highest BCUT2D eigenvalue weighted by molar-refractivity contribution is 5.88. The van der Waals surface area contributed by atoms with E-state index in [1.807, 2.05) is 36.4 Å². The summed E-state index contributed by atoms with van der Waals surface area (Å²) in [7, 11) is 3.26. The van der Waals surface area contributed by atoms with Gasteiger partial charge in [-0.25, -0.2) is 14.3 Å². The Morgan fingerprint density at radius 3 is 2.92 bits per heavy atom. The number of imidazole rings is 1. The van der Waals surface area contributed by atoms with Crippen LogP contribution < -0.4 is 15.4 Å². The van der Waals surface area contributed by atoms with E-state index in [-0.39, 0.29) is 6.03 Å². The number of benzene rings is 1. The SMILES string of the molecule is COCCCNC(=O)Nc1cn2nc(-c3cccc(OC)c3)ccc2n1. The molecule has 0 saturated heterocycles. The van der Waals surface area contributed by atoms with Gasteiger partial charge in [0.15, 0.2) is 11.5 Å². The van der Waals surface area contributed by atoms with E-state index >= 15 is 0 Å². The van der Waals surface area contributed by atoms with E-state index in [4.69, 9.17) is 9.47 Å². The summed E-state index contributed by atoms with van der Waals surface area (Å²) in [5, 5.41) is 10.00. The number of methoxy groups -OCH3 is 2. The number of hydrogen-bond donors (Lipinski definition) is 2. The van der Waals surface area contributed by atoms with Crippen LogP contribution in [0, 0.1) is 0 Å². The molecule has 2 N–H and O–H groups in total. The summed E-state index contributed by atoms with van der Waals surface area (Å²) in [5.41, 5.74) is 2.36. The molecule has 0 saturated carbocycles. The highest BCUT2D eigenvalue weighted by atomic mass is 16.5.